The average molecular weight is 304 g/mol. The van der Waals surface area contributed by atoms with Gasteiger partial charge in [-0.1, -0.05) is 19.8 Å². The van der Waals surface area contributed by atoms with E-state index < -0.39 is 15.9 Å². The third-order valence-corrected chi connectivity index (χ3v) is 5.00. The van der Waals surface area contributed by atoms with Gasteiger partial charge in [0.1, 0.15) is 9.84 Å². The van der Waals surface area contributed by atoms with Crippen LogP contribution < -0.4 is 11.1 Å². The summed E-state index contributed by atoms with van der Waals surface area (Å²) in [6.07, 6.45) is 8.19. The quantitative estimate of drug-likeness (QED) is 0.740. The fourth-order valence-corrected chi connectivity index (χ4v) is 3.47. The Balaban J connectivity index is 2.29. The zero-order chi connectivity index (χ0) is 15.2. The van der Waals surface area contributed by atoms with E-state index in [-0.39, 0.29) is 24.1 Å². The summed E-state index contributed by atoms with van der Waals surface area (Å²) in [4.78, 5) is 11.9. The molecule has 0 aliphatic heterocycles. The summed E-state index contributed by atoms with van der Waals surface area (Å²) in [6, 6.07) is -0.516. The molecular weight excluding hydrogens is 276 g/mol. The highest BCUT2D eigenvalue weighted by molar-refractivity contribution is 7.90. The lowest BCUT2D eigenvalue weighted by atomic mass is 9.83. The van der Waals surface area contributed by atoms with Crippen LogP contribution in [-0.4, -0.2) is 38.4 Å². The number of nitrogens with one attached hydrogen (secondary N) is 1. The van der Waals surface area contributed by atoms with E-state index in [9.17, 15) is 13.2 Å². The number of carbonyl (C=O) groups is 1. The van der Waals surface area contributed by atoms with Crippen molar-refractivity contribution in [3.63, 3.8) is 0 Å². The molecule has 20 heavy (non-hydrogen) atoms. The molecule has 5 nitrogen and oxygen atoms in total. The predicted molar refractivity (Wildman–Crippen MR) is 81.1 cm³/mol. The minimum atomic E-state index is -3.06. The van der Waals surface area contributed by atoms with E-state index in [2.05, 4.69) is 12.2 Å². The van der Waals surface area contributed by atoms with Gasteiger partial charge >= 0.3 is 0 Å². The van der Waals surface area contributed by atoms with Gasteiger partial charge in [0.25, 0.3) is 0 Å². The highest BCUT2D eigenvalue weighted by Crippen LogP contribution is 2.27. The minimum Gasteiger partial charge on any atom is -0.352 e. The van der Waals surface area contributed by atoms with Crippen molar-refractivity contribution in [2.24, 2.45) is 11.7 Å². The van der Waals surface area contributed by atoms with Gasteiger partial charge in [-0.05, 0) is 38.0 Å². The minimum absolute atomic E-state index is 0.0369. The smallest absolute Gasteiger partial charge is 0.237 e. The summed E-state index contributed by atoms with van der Waals surface area (Å²) < 4.78 is 22.1. The van der Waals surface area contributed by atoms with E-state index >= 15 is 0 Å². The zero-order valence-electron chi connectivity index (χ0n) is 12.6. The fraction of sp³-hybridized carbons (Fsp3) is 0.929. The summed E-state index contributed by atoms with van der Waals surface area (Å²) in [7, 11) is -3.06. The van der Waals surface area contributed by atoms with Gasteiger partial charge in [0.2, 0.25) is 5.91 Å². The fourth-order valence-electron chi connectivity index (χ4n) is 2.78. The second-order valence-electron chi connectivity index (χ2n) is 6.04. The summed E-state index contributed by atoms with van der Waals surface area (Å²) in [5.74, 6) is 0.546. The Kier molecular flexibility index (Phi) is 6.95. The molecule has 0 bridgehead atoms. The summed E-state index contributed by atoms with van der Waals surface area (Å²) in [6.45, 7) is 2.20. The average Bonchev–Trinajstić information content (AvgIpc) is 2.37. The first kappa shape index (κ1) is 17.4. The van der Waals surface area contributed by atoms with Crippen LogP contribution in [0.1, 0.15) is 51.9 Å². The van der Waals surface area contributed by atoms with Crippen LogP contribution in [0.15, 0.2) is 0 Å². The first-order valence-electron chi connectivity index (χ1n) is 7.55. The Morgan fingerprint density at radius 2 is 1.90 bits per heavy atom. The number of nitrogens with two attached hydrogens (primary N) is 1. The first-order chi connectivity index (χ1) is 9.31. The SMILES string of the molecule is CCCC1CCC(NC(=O)C(N)CCS(C)(=O)=O)CC1. The summed E-state index contributed by atoms with van der Waals surface area (Å²) in [5.41, 5.74) is 5.74. The third kappa shape index (κ3) is 6.70. The van der Waals surface area contributed by atoms with Gasteiger partial charge in [-0.25, -0.2) is 8.42 Å². The monoisotopic (exact) mass is 304 g/mol. The number of carbonyl (C=O) groups excluding carboxylic acids is 1. The van der Waals surface area contributed by atoms with E-state index in [0.29, 0.717) is 0 Å². The molecular formula is C14H28N2O3S. The van der Waals surface area contributed by atoms with Gasteiger partial charge in [-0.15, -0.1) is 0 Å². The van der Waals surface area contributed by atoms with Crippen molar-refractivity contribution in [2.75, 3.05) is 12.0 Å². The van der Waals surface area contributed by atoms with E-state index in [0.717, 1.165) is 37.9 Å². The number of hydrogen-bond acceptors (Lipinski definition) is 4. The van der Waals surface area contributed by atoms with Crippen molar-refractivity contribution in [1.29, 1.82) is 0 Å². The molecule has 1 rings (SSSR count). The van der Waals surface area contributed by atoms with Crippen LogP contribution in [0.2, 0.25) is 0 Å². The Labute approximate surface area is 122 Å². The molecule has 1 aliphatic carbocycles. The standard InChI is InChI=1S/C14H28N2O3S/c1-3-4-11-5-7-12(8-6-11)16-14(17)13(15)9-10-20(2,18)19/h11-13H,3-10,15H2,1-2H3,(H,16,17). The van der Waals surface area contributed by atoms with Gasteiger partial charge in [-0.3, -0.25) is 4.79 Å². The van der Waals surface area contributed by atoms with Crippen LogP contribution in [0, 0.1) is 5.92 Å². The largest absolute Gasteiger partial charge is 0.352 e. The van der Waals surface area contributed by atoms with Crippen molar-refractivity contribution in [2.45, 2.75) is 64.0 Å². The van der Waals surface area contributed by atoms with Crippen molar-refractivity contribution in [3.05, 3.63) is 0 Å². The van der Waals surface area contributed by atoms with Gasteiger partial charge in [0.15, 0.2) is 0 Å². The van der Waals surface area contributed by atoms with Gasteiger partial charge in [0.05, 0.1) is 11.8 Å². The number of rotatable bonds is 7. The van der Waals surface area contributed by atoms with Crippen molar-refractivity contribution in [1.82, 2.24) is 5.32 Å². The number of amides is 1. The second-order valence-corrected chi connectivity index (χ2v) is 8.30. The molecule has 1 atom stereocenters. The van der Waals surface area contributed by atoms with E-state index in [1.165, 1.54) is 12.8 Å². The molecule has 0 aromatic heterocycles. The highest BCUT2D eigenvalue weighted by Gasteiger charge is 2.24. The molecule has 3 N–H and O–H groups in total. The molecule has 0 heterocycles. The van der Waals surface area contributed by atoms with Crippen molar-refractivity contribution in [3.8, 4) is 0 Å². The van der Waals surface area contributed by atoms with Gasteiger partial charge in [-0.2, -0.15) is 0 Å². The lowest BCUT2D eigenvalue weighted by Gasteiger charge is -2.29. The Hall–Kier alpha value is -0.620. The molecule has 0 spiro atoms. The molecule has 0 radical (unpaired) electrons. The second kappa shape index (κ2) is 7.98. The zero-order valence-corrected chi connectivity index (χ0v) is 13.4. The van der Waals surface area contributed by atoms with Crippen LogP contribution >= 0.6 is 0 Å². The summed E-state index contributed by atoms with van der Waals surface area (Å²) in [5, 5.41) is 2.96. The maximum atomic E-state index is 11.9. The van der Waals surface area contributed by atoms with E-state index in [4.69, 9.17) is 5.73 Å². The Morgan fingerprint density at radius 1 is 1.30 bits per heavy atom. The van der Waals surface area contributed by atoms with Gasteiger partial charge < -0.3 is 11.1 Å². The number of sulfone groups is 1. The molecule has 0 aromatic carbocycles. The predicted octanol–water partition coefficient (Wildman–Crippen LogP) is 1.22. The highest BCUT2D eigenvalue weighted by atomic mass is 32.2. The number of hydrogen-bond donors (Lipinski definition) is 2. The molecule has 1 fully saturated rings. The van der Waals surface area contributed by atoms with Crippen LogP contribution in [-0.2, 0) is 14.6 Å². The van der Waals surface area contributed by atoms with E-state index in [1.54, 1.807) is 0 Å². The maximum Gasteiger partial charge on any atom is 0.237 e. The summed E-state index contributed by atoms with van der Waals surface area (Å²) >= 11 is 0. The molecule has 118 valence electrons. The van der Waals surface area contributed by atoms with Crippen molar-refractivity contribution < 1.29 is 13.2 Å². The maximum absolute atomic E-state index is 11.9. The normalized spacial score (nSPS) is 25.1. The Morgan fingerprint density at radius 3 is 2.40 bits per heavy atom. The lowest BCUT2D eigenvalue weighted by molar-refractivity contribution is -0.123. The molecule has 6 heteroatoms. The molecule has 0 aromatic rings. The van der Waals surface area contributed by atoms with Crippen molar-refractivity contribution >= 4 is 15.7 Å². The topological polar surface area (TPSA) is 89.3 Å². The van der Waals surface area contributed by atoms with Crippen LogP contribution in [0.5, 0.6) is 0 Å². The molecule has 1 unspecified atom stereocenters. The van der Waals surface area contributed by atoms with Crippen LogP contribution in [0.4, 0.5) is 0 Å². The van der Waals surface area contributed by atoms with E-state index in [1.807, 2.05) is 0 Å². The molecule has 0 saturated heterocycles. The molecule has 1 saturated carbocycles. The van der Waals surface area contributed by atoms with Crippen LogP contribution in [0.25, 0.3) is 0 Å². The molecule has 1 aliphatic rings. The molecule has 1 amide bonds. The van der Waals surface area contributed by atoms with Gasteiger partial charge in [0, 0.05) is 12.3 Å². The Bertz CT molecular complexity index is 401. The van der Waals surface area contributed by atoms with Crippen LogP contribution in [0.3, 0.4) is 0 Å². The third-order valence-electron chi connectivity index (χ3n) is 4.03. The lowest BCUT2D eigenvalue weighted by Crippen LogP contribution is -2.47. The first-order valence-corrected chi connectivity index (χ1v) is 9.61.